The number of anilines is 1. The molecule has 4 rings (SSSR count). The molecule has 1 amide bonds. The van der Waals surface area contributed by atoms with Crippen LogP contribution >= 0.6 is 0 Å². The van der Waals surface area contributed by atoms with Crippen molar-refractivity contribution in [3.05, 3.63) is 59.9 Å². The van der Waals surface area contributed by atoms with Gasteiger partial charge in [0.2, 0.25) is 0 Å². The van der Waals surface area contributed by atoms with Crippen molar-refractivity contribution in [2.45, 2.75) is 31.9 Å². The summed E-state index contributed by atoms with van der Waals surface area (Å²) in [6.45, 7) is 4.03. The van der Waals surface area contributed by atoms with Crippen molar-refractivity contribution in [2.24, 2.45) is 0 Å². The van der Waals surface area contributed by atoms with Crippen molar-refractivity contribution in [3.8, 4) is 5.75 Å². The third kappa shape index (κ3) is 2.80. The van der Waals surface area contributed by atoms with Gasteiger partial charge in [-0.1, -0.05) is 6.07 Å². The largest absolute Gasteiger partial charge is 0.487 e. The van der Waals surface area contributed by atoms with Crippen LogP contribution in [0.15, 0.2) is 48.8 Å². The number of nitrogen functional groups attached to an aromatic ring is 1. The van der Waals surface area contributed by atoms with Crippen molar-refractivity contribution in [1.29, 1.82) is 0 Å². The smallest absolute Gasteiger partial charge is 0.255 e. The minimum absolute atomic E-state index is 0.155. The maximum absolute atomic E-state index is 12.9. The fraction of sp³-hybridized carbons (Fsp3) is 0.263. The van der Waals surface area contributed by atoms with Gasteiger partial charge in [0, 0.05) is 23.9 Å². The molecule has 0 saturated heterocycles. The molecule has 1 unspecified atom stereocenters. The molecule has 3 heterocycles. The molecular formula is C19H20N4O2. The number of benzene rings is 1. The molecular weight excluding hydrogens is 316 g/mol. The first-order valence-corrected chi connectivity index (χ1v) is 8.25. The van der Waals surface area contributed by atoms with E-state index in [0.29, 0.717) is 17.7 Å². The molecule has 3 N–H and O–H groups in total. The molecule has 1 aromatic carbocycles. The highest BCUT2D eigenvalue weighted by Gasteiger charge is 2.35. The average Bonchev–Trinajstić information content (AvgIpc) is 2.99. The van der Waals surface area contributed by atoms with Crippen molar-refractivity contribution in [1.82, 2.24) is 14.9 Å². The molecule has 0 spiro atoms. The molecule has 25 heavy (non-hydrogen) atoms. The predicted octanol–water partition coefficient (Wildman–Crippen LogP) is 2.95. The molecule has 1 aliphatic heterocycles. The van der Waals surface area contributed by atoms with Gasteiger partial charge in [0.05, 0.1) is 23.3 Å². The van der Waals surface area contributed by atoms with E-state index in [-0.39, 0.29) is 17.6 Å². The number of nitrogens with two attached hydrogens (primary N) is 1. The normalized spacial score (nSPS) is 18.4. The number of aromatic nitrogens is 2. The molecule has 0 bridgehead atoms. The van der Waals surface area contributed by atoms with Crippen LogP contribution in [0.1, 0.15) is 42.2 Å². The molecule has 6 heteroatoms. The number of hydrogen-bond acceptors (Lipinski definition) is 4. The lowest BCUT2D eigenvalue weighted by molar-refractivity contribution is 0.0620. The van der Waals surface area contributed by atoms with Crippen molar-refractivity contribution >= 4 is 17.1 Å². The second kappa shape index (κ2) is 5.51. The van der Waals surface area contributed by atoms with E-state index in [0.717, 1.165) is 16.8 Å². The van der Waals surface area contributed by atoms with E-state index in [9.17, 15) is 4.79 Å². The topological polar surface area (TPSA) is 81.7 Å². The lowest BCUT2D eigenvalue weighted by Crippen LogP contribution is -2.41. The third-order valence-electron chi connectivity index (χ3n) is 4.47. The van der Waals surface area contributed by atoms with E-state index in [2.05, 4.69) is 10.4 Å². The Hall–Kier alpha value is -3.02. The zero-order chi connectivity index (χ0) is 17.6. The number of carbonyl (C=O) groups excluding carboxylic acids is 1. The highest BCUT2D eigenvalue weighted by atomic mass is 16.5. The maximum atomic E-state index is 12.9. The van der Waals surface area contributed by atoms with Crippen LogP contribution in [0.2, 0.25) is 0 Å². The van der Waals surface area contributed by atoms with Crippen LogP contribution in [0.5, 0.6) is 5.75 Å². The first-order chi connectivity index (χ1) is 11.9. The Morgan fingerprint density at radius 2 is 2.20 bits per heavy atom. The van der Waals surface area contributed by atoms with Crippen molar-refractivity contribution < 1.29 is 9.53 Å². The second-order valence-corrected chi connectivity index (χ2v) is 6.98. The summed E-state index contributed by atoms with van der Waals surface area (Å²) < 4.78 is 7.71. The number of nitrogens with one attached hydrogen (secondary N) is 1. The lowest BCUT2D eigenvalue weighted by Gasteiger charge is -2.38. The van der Waals surface area contributed by atoms with Gasteiger partial charge in [-0.25, -0.2) is 4.52 Å². The highest BCUT2D eigenvalue weighted by Crippen LogP contribution is 2.40. The number of pyridine rings is 1. The number of ether oxygens (including phenoxy) is 1. The number of fused-ring (bicyclic) bond motifs is 2. The van der Waals surface area contributed by atoms with Crippen LogP contribution in [0.3, 0.4) is 0 Å². The van der Waals surface area contributed by atoms with Gasteiger partial charge >= 0.3 is 0 Å². The Morgan fingerprint density at radius 3 is 3.04 bits per heavy atom. The molecule has 0 saturated carbocycles. The monoisotopic (exact) mass is 336 g/mol. The summed E-state index contributed by atoms with van der Waals surface area (Å²) >= 11 is 0. The Morgan fingerprint density at radius 1 is 1.36 bits per heavy atom. The Labute approximate surface area is 145 Å². The van der Waals surface area contributed by atoms with Crippen LogP contribution in [0, 0.1) is 0 Å². The minimum atomic E-state index is -0.373. The summed E-state index contributed by atoms with van der Waals surface area (Å²) in [5, 5.41) is 7.36. The molecule has 0 fully saturated rings. The van der Waals surface area contributed by atoms with E-state index >= 15 is 0 Å². The predicted molar refractivity (Wildman–Crippen MR) is 95.6 cm³/mol. The van der Waals surface area contributed by atoms with E-state index in [4.69, 9.17) is 10.5 Å². The van der Waals surface area contributed by atoms with E-state index in [1.807, 2.05) is 56.4 Å². The van der Waals surface area contributed by atoms with Gasteiger partial charge in [-0.3, -0.25) is 4.79 Å². The third-order valence-corrected chi connectivity index (χ3v) is 4.47. The number of rotatable bonds is 2. The van der Waals surface area contributed by atoms with Gasteiger partial charge in [-0.05, 0) is 44.2 Å². The van der Waals surface area contributed by atoms with Crippen LogP contribution in [-0.2, 0) is 0 Å². The number of carbonyl (C=O) groups is 1. The second-order valence-electron chi connectivity index (χ2n) is 6.98. The SMILES string of the molecule is CC1(C)CC(NC(=O)c2cnn3ccccc23)c2cc(N)ccc2O1. The zero-order valence-corrected chi connectivity index (χ0v) is 14.2. The fourth-order valence-corrected chi connectivity index (χ4v) is 3.35. The van der Waals surface area contributed by atoms with Gasteiger partial charge in [0.1, 0.15) is 11.4 Å². The Balaban J connectivity index is 1.68. The fourth-order valence-electron chi connectivity index (χ4n) is 3.35. The highest BCUT2D eigenvalue weighted by molar-refractivity contribution is 6.00. The summed E-state index contributed by atoms with van der Waals surface area (Å²) in [7, 11) is 0. The molecule has 6 nitrogen and oxygen atoms in total. The maximum Gasteiger partial charge on any atom is 0.255 e. The van der Waals surface area contributed by atoms with Crippen LogP contribution in [0.4, 0.5) is 5.69 Å². The van der Waals surface area contributed by atoms with Gasteiger partial charge in [0.25, 0.3) is 5.91 Å². The van der Waals surface area contributed by atoms with Gasteiger partial charge in [-0.15, -0.1) is 0 Å². The lowest BCUT2D eigenvalue weighted by atomic mass is 9.89. The summed E-state index contributed by atoms with van der Waals surface area (Å²) in [6.07, 6.45) is 4.07. The zero-order valence-electron chi connectivity index (χ0n) is 14.2. The Kier molecular flexibility index (Phi) is 3.42. The summed E-state index contributed by atoms with van der Waals surface area (Å²) in [5.74, 6) is 0.605. The molecule has 3 aromatic rings. The summed E-state index contributed by atoms with van der Waals surface area (Å²) in [5.41, 5.74) is 8.44. The molecule has 128 valence electrons. The van der Waals surface area contributed by atoms with E-state index < -0.39 is 0 Å². The molecule has 1 aliphatic rings. The minimum Gasteiger partial charge on any atom is -0.487 e. The quantitative estimate of drug-likeness (QED) is 0.705. The summed E-state index contributed by atoms with van der Waals surface area (Å²) in [4.78, 5) is 12.9. The van der Waals surface area contributed by atoms with Gasteiger partial charge < -0.3 is 15.8 Å². The molecule has 0 radical (unpaired) electrons. The van der Waals surface area contributed by atoms with Crippen molar-refractivity contribution in [3.63, 3.8) is 0 Å². The van der Waals surface area contributed by atoms with Crippen LogP contribution in [-0.4, -0.2) is 21.1 Å². The standard InChI is InChI=1S/C19H20N4O2/c1-19(2)10-15(13-9-12(20)6-7-17(13)25-19)22-18(24)14-11-21-23-8-4-3-5-16(14)23/h3-9,11,15H,10,20H2,1-2H3,(H,22,24). The van der Waals surface area contributed by atoms with E-state index in [1.54, 1.807) is 10.7 Å². The Bertz CT molecular complexity index is 961. The first kappa shape index (κ1) is 15.5. The number of amides is 1. The average molecular weight is 336 g/mol. The van der Waals surface area contributed by atoms with Gasteiger partial charge in [-0.2, -0.15) is 5.10 Å². The first-order valence-electron chi connectivity index (χ1n) is 8.25. The van der Waals surface area contributed by atoms with Crippen LogP contribution in [0.25, 0.3) is 5.52 Å². The molecule has 0 aliphatic carbocycles. The molecule has 2 aromatic heterocycles. The molecule has 1 atom stereocenters. The van der Waals surface area contributed by atoms with Crippen molar-refractivity contribution in [2.75, 3.05) is 5.73 Å². The number of hydrogen-bond donors (Lipinski definition) is 2. The number of nitrogens with zero attached hydrogens (tertiary/aromatic N) is 2. The van der Waals surface area contributed by atoms with E-state index in [1.165, 1.54) is 0 Å². The van der Waals surface area contributed by atoms with Gasteiger partial charge in [0.15, 0.2) is 0 Å². The summed E-state index contributed by atoms with van der Waals surface area (Å²) in [6, 6.07) is 11.0. The van der Waals surface area contributed by atoms with Crippen LogP contribution < -0.4 is 15.8 Å².